The fourth-order valence-corrected chi connectivity index (χ4v) is 5.85. The molecule has 0 radical (unpaired) electrons. The van der Waals surface area contributed by atoms with Crippen LogP contribution in [0.2, 0.25) is 0 Å². The summed E-state index contributed by atoms with van der Waals surface area (Å²) in [5.41, 5.74) is 2.62. The van der Waals surface area contributed by atoms with E-state index < -0.39 is 0 Å². The monoisotopic (exact) mass is 361 g/mol. The summed E-state index contributed by atoms with van der Waals surface area (Å²) in [7, 11) is 1.97. The maximum absolute atomic E-state index is 12.8. The molecule has 1 amide bonds. The van der Waals surface area contributed by atoms with Crippen LogP contribution in [0, 0.1) is 6.92 Å². The van der Waals surface area contributed by atoms with Gasteiger partial charge in [0.25, 0.3) is 0 Å². The number of likely N-dealkylation sites (N-methyl/N-ethyl adjacent to an activating group) is 1. The van der Waals surface area contributed by atoms with E-state index in [9.17, 15) is 4.79 Å². The number of aryl methyl sites for hydroxylation is 2. The fraction of sp³-hybridized carbons (Fsp3) is 0.556. The predicted molar refractivity (Wildman–Crippen MR) is 98.6 cm³/mol. The molecule has 0 unspecified atom stereocenters. The third-order valence-electron chi connectivity index (χ3n) is 5.13. The Kier molecular flexibility index (Phi) is 4.45. The first-order valence-corrected chi connectivity index (χ1v) is 10.3. The highest BCUT2D eigenvalue weighted by molar-refractivity contribution is 7.11. The van der Waals surface area contributed by atoms with Gasteiger partial charge in [-0.05, 0) is 49.6 Å². The van der Waals surface area contributed by atoms with Crippen molar-refractivity contribution in [2.75, 3.05) is 20.1 Å². The third kappa shape index (κ3) is 3.03. The van der Waals surface area contributed by atoms with E-state index in [1.807, 2.05) is 23.3 Å². The second-order valence-electron chi connectivity index (χ2n) is 6.79. The van der Waals surface area contributed by atoms with Crippen LogP contribution in [0.3, 0.4) is 0 Å². The minimum Gasteiger partial charge on any atom is -0.337 e. The molecule has 4 rings (SSSR count). The first-order chi connectivity index (χ1) is 11.6. The van der Waals surface area contributed by atoms with Crippen LogP contribution in [-0.4, -0.2) is 40.8 Å². The van der Waals surface area contributed by atoms with Crippen molar-refractivity contribution in [3.63, 3.8) is 0 Å². The maximum Gasteiger partial charge on any atom is 0.237 e. The highest BCUT2D eigenvalue weighted by atomic mass is 32.1. The predicted octanol–water partition coefficient (Wildman–Crippen LogP) is 3.41. The second kappa shape index (κ2) is 6.58. The Hall–Kier alpha value is -1.24. The number of carbonyl (C=O) groups excluding carboxylic acids is 1. The fourth-order valence-electron chi connectivity index (χ4n) is 3.81. The van der Waals surface area contributed by atoms with Gasteiger partial charge in [-0.15, -0.1) is 22.7 Å². The Balaban J connectivity index is 1.44. The minimum absolute atomic E-state index is 0.217. The number of thiazole rings is 1. The second-order valence-corrected chi connectivity index (χ2v) is 9.02. The number of hydrogen-bond donors (Lipinski definition) is 0. The lowest BCUT2D eigenvalue weighted by Crippen LogP contribution is -2.42. The first kappa shape index (κ1) is 16.2. The molecule has 0 saturated carbocycles. The van der Waals surface area contributed by atoms with Crippen LogP contribution in [0.5, 0.6) is 0 Å². The van der Waals surface area contributed by atoms with Crippen LogP contribution in [0.1, 0.15) is 44.9 Å². The summed E-state index contributed by atoms with van der Waals surface area (Å²) in [6.07, 6.45) is 4.32. The van der Waals surface area contributed by atoms with Gasteiger partial charge in [0.2, 0.25) is 5.91 Å². The quantitative estimate of drug-likeness (QED) is 0.841. The number of aromatic nitrogens is 1. The average molecular weight is 362 g/mol. The Morgan fingerprint density at radius 2 is 2.33 bits per heavy atom. The molecule has 1 aliphatic heterocycles. The van der Waals surface area contributed by atoms with Gasteiger partial charge < -0.3 is 4.90 Å². The van der Waals surface area contributed by atoms with E-state index in [4.69, 9.17) is 0 Å². The molecule has 2 aromatic heterocycles. The zero-order chi connectivity index (χ0) is 16.7. The average Bonchev–Trinajstić information content (AvgIpc) is 3.18. The first-order valence-electron chi connectivity index (χ1n) is 8.61. The maximum atomic E-state index is 12.8. The summed E-state index contributed by atoms with van der Waals surface area (Å²) in [6.45, 7) is 4.49. The highest BCUT2D eigenvalue weighted by Crippen LogP contribution is 2.37. The molecule has 2 aliphatic rings. The van der Waals surface area contributed by atoms with Gasteiger partial charge in [0, 0.05) is 25.0 Å². The summed E-state index contributed by atoms with van der Waals surface area (Å²) >= 11 is 3.61. The van der Waals surface area contributed by atoms with Crippen molar-refractivity contribution in [1.82, 2.24) is 14.8 Å². The standard InChI is InChI=1S/C18H23N3OS2/c1-12-19-14-4-3-5-15(18(14)24-12)20(2)17(22)11-21-8-6-16-13(10-21)7-9-23-16/h7,9,15H,3-6,8,10-11H2,1-2H3/t15-/m1/s1. The molecule has 0 aromatic carbocycles. The van der Waals surface area contributed by atoms with Gasteiger partial charge in [-0.1, -0.05) is 0 Å². The molecular weight excluding hydrogens is 338 g/mol. The van der Waals surface area contributed by atoms with Crippen molar-refractivity contribution in [3.05, 3.63) is 37.5 Å². The summed E-state index contributed by atoms with van der Waals surface area (Å²) in [4.78, 5) is 24.6. The van der Waals surface area contributed by atoms with Gasteiger partial charge in [0.1, 0.15) is 0 Å². The molecule has 128 valence electrons. The van der Waals surface area contributed by atoms with E-state index in [2.05, 4.69) is 28.3 Å². The molecule has 0 N–H and O–H groups in total. The number of thiophene rings is 1. The highest BCUT2D eigenvalue weighted by Gasteiger charge is 2.30. The lowest BCUT2D eigenvalue weighted by atomic mass is 9.97. The Labute approximate surface area is 151 Å². The molecule has 2 aromatic rings. The van der Waals surface area contributed by atoms with Crippen LogP contribution in [0.15, 0.2) is 11.4 Å². The van der Waals surface area contributed by atoms with Gasteiger partial charge in [-0.3, -0.25) is 9.69 Å². The molecule has 1 atom stereocenters. The van der Waals surface area contributed by atoms with Crippen molar-refractivity contribution in [1.29, 1.82) is 0 Å². The lowest BCUT2D eigenvalue weighted by Gasteiger charge is -2.33. The molecule has 3 heterocycles. The summed E-state index contributed by atoms with van der Waals surface area (Å²) in [6, 6.07) is 2.42. The van der Waals surface area contributed by atoms with Gasteiger partial charge >= 0.3 is 0 Å². The normalized spacial score (nSPS) is 20.5. The van der Waals surface area contributed by atoms with Crippen molar-refractivity contribution in [2.24, 2.45) is 0 Å². The molecule has 1 aliphatic carbocycles. The number of fused-ring (bicyclic) bond motifs is 2. The number of nitrogens with zero attached hydrogens (tertiary/aromatic N) is 3. The third-order valence-corrected chi connectivity index (χ3v) is 7.27. The number of rotatable bonds is 3. The van der Waals surface area contributed by atoms with Gasteiger partial charge in [-0.2, -0.15) is 0 Å². The van der Waals surface area contributed by atoms with E-state index in [0.29, 0.717) is 6.54 Å². The molecule has 0 spiro atoms. The van der Waals surface area contributed by atoms with Crippen LogP contribution in [0.25, 0.3) is 0 Å². The summed E-state index contributed by atoms with van der Waals surface area (Å²) in [5.74, 6) is 0.234. The lowest BCUT2D eigenvalue weighted by molar-refractivity contribution is -0.133. The van der Waals surface area contributed by atoms with Gasteiger partial charge in [0.05, 0.1) is 28.2 Å². The Morgan fingerprint density at radius 3 is 3.21 bits per heavy atom. The molecule has 0 saturated heterocycles. The number of carbonyl (C=O) groups is 1. The van der Waals surface area contributed by atoms with Crippen molar-refractivity contribution < 1.29 is 4.79 Å². The Morgan fingerprint density at radius 1 is 1.46 bits per heavy atom. The van der Waals surface area contributed by atoms with E-state index in [-0.39, 0.29) is 11.9 Å². The summed E-state index contributed by atoms with van der Waals surface area (Å²) in [5, 5.41) is 3.28. The van der Waals surface area contributed by atoms with Crippen LogP contribution < -0.4 is 0 Å². The smallest absolute Gasteiger partial charge is 0.237 e. The van der Waals surface area contributed by atoms with E-state index in [1.165, 1.54) is 21.0 Å². The zero-order valence-electron chi connectivity index (χ0n) is 14.2. The zero-order valence-corrected chi connectivity index (χ0v) is 15.9. The molecule has 0 fully saturated rings. The van der Waals surface area contributed by atoms with E-state index in [0.717, 1.165) is 43.8 Å². The topological polar surface area (TPSA) is 36.4 Å². The van der Waals surface area contributed by atoms with Crippen LogP contribution >= 0.6 is 22.7 Å². The summed E-state index contributed by atoms with van der Waals surface area (Å²) < 4.78 is 0. The van der Waals surface area contributed by atoms with Crippen molar-refractivity contribution in [3.8, 4) is 0 Å². The van der Waals surface area contributed by atoms with Gasteiger partial charge in [-0.25, -0.2) is 4.98 Å². The molecular formula is C18H23N3OS2. The minimum atomic E-state index is 0.217. The van der Waals surface area contributed by atoms with Crippen molar-refractivity contribution in [2.45, 2.75) is 45.2 Å². The van der Waals surface area contributed by atoms with E-state index >= 15 is 0 Å². The van der Waals surface area contributed by atoms with Gasteiger partial charge in [0.15, 0.2) is 0 Å². The number of amides is 1. The molecule has 0 bridgehead atoms. The SMILES string of the molecule is Cc1nc2c(s1)[C@H](N(C)C(=O)CN1CCc3sccc3C1)CCC2. The van der Waals surface area contributed by atoms with Crippen LogP contribution in [0.4, 0.5) is 0 Å². The number of hydrogen-bond acceptors (Lipinski definition) is 5. The molecule has 6 heteroatoms. The Bertz CT molecular complexity index is 751. The molecule has 4 nitrogen and oxygen atoms in total. The molecule has 24 heavy (non-hydrogen) atoms. The largest absolute Gasteiger partial charge is 0.337 e. The van der Waals surface area contributed by atoms with E-state index in [1.54, 1.807) is 11.3 Å². The van der Waals surface area contributed by atoms with Crippen molar-refractivity contribution >= 4 is 28.6 Å². The van der Waals surface area contributed by atoms with Crippen LogP contribution in [-0.2, 0) is 24.2 Å².